The highest BCUT2D eigenvalue weighted by Crippen LogP contribution is 2.20. The van der Waals surface area contributed by atoms with Crippen LogP contribution in [0.15, 0.2) is 42.5 Å². The van der Waals surface area contributed by atoms with Crippen molar-refractivity contribution >= 4 is 11.6 Å². The minimum Gasteiger partial charge on any atom is -0.398 e. The molecule has 0 aliphatic heterocycles. The van der Waals surface area contributed by atoms with Crippen LogP contribution in [0.4, 0.5) is 5.69 Å². The summed E-state index contributed by atoms with van der Waals surface area (Å²) >= 11 is 0. The van der Waals surface area contributed by atoms with Crippen LogP contribution in [-0.2, 0) is 0 Å². The molecule has 3 N–H and O–H groups in total. The van der Waals surface area contributed by atoms with Crippen LogP contribution in [0.2, 0.25) is 0 Å². The van der Waals surface area contributed by atoms with Crippen molar-refractivity contribution in [3.63, 3.8) is 0 Å². The Morgan fingerprint density at radius 2 is 1.70 bits per heavy atom. The third-order valence-electron chi connectivity index (χ3n) is 3.57. The number of hydrogen-bond acceptors (Lipinski definition) is 2. The minimum absolute atomic E-state index is 0.0522. The van der Waals surface area contributed by atoms with Gasteiger partial charge in [-0.1, -0.05) is 36.4 Å². The zero-order chi connectivity index (χ0) is 14.7. The summed E-state index contributed by atoms with van der Waals surface area (Å²) in [7, 11) is 0. The van der Waals surface area contributed by atoms with Gasteiger partial charge in [-0.2, -0.15) is 0 Å². The first-order valence-electron chi connectivity index (χ1n) is 6.72. The summed E-state index contributed by atoms with van der Waals surface area (Å²) in [5.41, 5.74) is 10.2. The van der Waals surface area contributed by atoms with Gasteiger partial charge in [0, 0.05) is 5.69 Å². The summed E-state index contributed by atoms with van der Waals surface area (Å²) in [5.74, 6) is -0.137. The molecule has 20 heavy (non-hydrogen) atoms. The average molecular weight is 268 g/mol. The standard InChI is InChI=1S/C17H20N2O/c1-11-7-4-5-9-14(11)13(3)19-17(20)15-10-6-8-12(2)16(15)18/h4-10,13H,18H2,1-3H3,(H,19,20). The number of carbonyl (C=O) groups excluding carboxylic acids is 1. The Labute approximate surface area is 119 Å². The Bertz CT molecular complexity index is 635. The second kappa shape index (κ2) is 5.78. The SMILES string of the molecule is Cc1ccccc1C(C)NC(=O)c1cccc(C)c1N. The zero-order valence-electron chi connectivity index (χ0n) is 12.1. The van der Waals surface area contributed by atoms with E-state index in [9.17, 15) is 4.79 Å². The fraction of sp³-hybridized carbons (Fsp3) is 0.235. The van der Waals surface area contributed by atoms with Crippen LogP contribution in [0, 0.1) is 13.8 Å². The van der Waals surface area contributed by atoms with Gasteiger partial charge in [0.25, 0.3) is 5.91 Å². The average Bonchev–Trinajstić information content (AvgIpc) is 2.42. The molecule has 0 radical (unpaired) electrons. The normalized spacial score (nSPS) is 11.9. The Hall–Kier alpha value is -2.29. The van der Waals surface area contributed by atoms with Gasteiger partial charge in [-0.05, 0) is 43.5 Å². The molecule has 3 nitrogen and oxygen atoms in total. The van der Waals surface area contributed by atoms with E-state index >= 15 is 0 Å². The summed E-state index contributed by atoms with van der Waals surface area (Å²) in [4.78, 5) is 12.3. The van der Waals surface area contributed by atoms with E-state index in [0.717, 1.165) is 16.7 Å². The predicted octanol–water partition coefficient (Wildman–Crippen LogP) is 3.38. The zero-order valence-corrected chi connectivity index (χ0v) is 12.1. The number of hydrogen-bond donors (Lipinski definition) is 2. The van der Waals surface area contributed by atoms with Crippen LogP contribution in [0.1, 0.15) is 40.0 Å². The number of amides is 1. The highest BCUT2D eigenvalue weighted by atomic mass is 16.1. The molecule has 1 atom stereocenters. The first-order chi connectivity index (χ1) is 9.50. The van der Waals surface area contributed by atoms with Gasteiger partial charge in [-0.15, -0.1) is 0 Å². The third kappa shape index (κ3) is 2.82. The Balaban J connectivity index is 2.20. The van der Waals surface area contributed by atoms with Crippen LogP contribution in [0.5, 0.6) is 0 Å². The molecule has 0 saturated carbocycles. The highest BCUT2D eigenvalue weighted by molar-refractivity contribution is 5.99. The maximum Gasteiger partial charge on any atom is 0.253 e. The molecule has 1 amide bonds. The highest BCUT2D eigenvalue weighted by Gasteiger charge is 2.15. The molecule has 0 spiro atoms. The molecule has 2 aromatic rings. The molecule has 0 aliphatic carbocycles. The quantitative estimate of drug-likeness (QED) is 0.838. The minimum atomic E-state index is -0.137. The van der Waals surface area contributed by atoms with E-state index in [2.05, 4.69) is 5.32 Å². The first kappa shape index (κ1) is 14.1. The van der Waals surface area contributed by atoms with E-state index in [-0.39, 0.29) is 11.9 Å². The van der Waals surface area contributed by atoms with Crippen LogP contribution in [0.25, 0.3) is 0 Å². The monoisotopic (exact) mass is 268 g/mol. The molecule has 0 bridgehead atoms. The van der Waals surface area contributed by atoms with Crippen molar-refractivity contribution < 1.29 is 4.79 Å². The molecule has 104 valence electrons. The van der Waals surface area contributed by atoms with E-state index in [1.54, 1.807) is 6.07 Å². The van der Waals surface area contributed by atoms with Crippen molar-refractivity contribution in [3.8, 4) is 0 Å². The van der Waals surface area contributed by atoms with Gasteiger partial charge in [-0.3, -0.25) is 4.79 Å². The number of aryl methyl sites for hydroxylation is 2. The van der Waals surface area contributed by atoms with Crippen molar-refractivity contribution in [3.05, 3.63) is 64.7 Å². The van der Waals surface area contributed by atoms with Crippen molar-refractivity contribution in [2.24, 2.45) is 0 Å². The maximum absolute atomic E-state index is 12.3. The number of benzene rings is 2. The van der Waals surface area contributed by atoms with Crippen molar-refractivity contribution in [1.82, 2.24) is 5.32 Å². The lowest BCUT2D eigenvalue weighted by Crippen LogP contribution is -2.28. The number of carbonyl (C=O) groups is 1. The largest absolute Gasteiger partial charge is 0.398 e. The van der Waals surface area contributed by atoms with Gasteiger partial charge in [0.2, 0.25) is 0 Å². The number of nitrogen functional groups attached to an aromatic ring is 1. The van der Waals surface area contributed by atoms with Gasteiger partial charge in [0.15, 0.2) is 0 Å². The lowest BCUT2D eigenvalue weighted by atomic mass is 10.0. The summed E-state index contributed by atoms with van der Waals surface area (Å²) < 4.78 is 0. The number of para-hydroxylation sites is 1. The van der Waals surface area contributed by atoms with Crippen molar-refractivity contribution in [2.75, 3.05) is 5.73 Å². The molecule has 2 rings (SSSR count). The van der Waals surface area contributed by atoms with E-state index in [4.69, 9.17) is 5.73 Å². The summed E-state index contributed by atoms with van der Waals surface area (Å²) in [5, 5.41) is 3.00. The van der Waals surface area contributed by atoms with Gasteiger partial charge in [0.05, 0.1) is 11.6 Å². The Morgan fingerprint density at radius 1 is 1.05 bits per heavy atom. The number of nitrogens with two attached hydrogens (primary N) is 1. The number of rotatable bonds is 3. The van der Waals surface area contributed by atoms with Crippen LogP contribution >= 0.6 is 0 Å². The van der Waals surface area contributed by atoms with E-state index in [1.807, 2.05) is 57.2 Å². The smallest absolute Gasteiger partial charge is 0.253 e. The molecule has 2 aromatic carbocycles. The maximum atomic E-state index is 12.3. The molecule has 0 aromatic heterocycles. The molecule has 0 heterocycles. The Morgan fingerprint density at radius 3 is 2.40 bits per heavy atom. The van der Waals surface area contributed by atoms with Crippen LogP contribution in [0.3, 0.4) is 0 Å². The number of nitrogens with one attached hydrogen (secondary N) is 1. The van der Waals surface area contributed by atoms with Gasteiger partial charge >= 0.3 is 0 Å². The lowest BCUT2D eigenvalue weighted by molar-refractivity contribution is 0.0940. The van der Waals surface area contributed by atoms with E-state index in [0.29, 0.717) is 11.3 Å². The summed E-state index contributed by atoms with van der Waals surface area (Å²) in [6, 6.07) is 13.5. The first-order valence-corrected chi connectivity index (χ1v) is 6.72. The molecule has 1 unspecified atom stereocenters. The molecule has 0 fully saturated rings. The second-order valence-corrected chi connectivity index (χ2v) is 5.09. The predicted molar refractivity (Wildman–Crippen MR) is 82.7 cm³/mol. The van der Waals surface area contributed by atoms with Crippen molar-refractivity contribution in [1.29, 1.82) is 0 Å². The molecule has 0 aliphatic rings. The summed E-state index contributed by atoms with van der Waals surface area (Å²) in [6.45, 7) is 5.92. The topological polar surface area (TPSA) is 55.1 Å². The molecule has 3 heteroatoms. The molecule has 0 saturated heterocycles. The van der Waals surface area contributed by atoms with E-state index < -0.39 is 0 Å². The fourth-order valence-electron chi connectivity index (χ4n) is 2.30. The van der Waals surface area contributed by atoms with Crippen LogP contribution in [-0.4, -0.2) is 5.91 Å². The number of anilines is 1. The molecular formula is C17H20N2O. The summed E-state index contributed by atoms with van der Waals surface area (Å²) in [6.07, 6.45) is 0. The van der Waals surface area contributed by atoms with Crippen LogP contribution < -0.4 is 11.1 Å². The van der Waals surface area contributed by atoms with Gasteiger partial charge < -0.3 is 11.1 Å². The lowest BCUT2D eigenvalue weighted by Gasteiger charge is -2.17. The second-order valence-electron chi connectivity index (χ2n) is 5.09. The van der Waals surface area contributed by atoms with Gasteiger partial charge in [-0.25, -0.2) is 0 Å². The van der Waals surface area contributed by atoms with Gasteiger partial charge in [0.1, 0.15) is 0 Å². The van der Waals surface area contributed by atoms with E-state index in [1.165, 1.54) is 0 Å². The van der Waals surface area contributed by atoms with Crippen molar-refractivity contribution in [2.45, 2.75) is 26.8 Å². The molecular weight excluding hydrogens is 248 g/mol. The fourth-order valence-corrected chi connectivity index (χ4v) is 2.30. The Kier molecular flexibility index (Phi) is 4.08. The third-order valence-corrected chi connectivity index (χ3v) is 3.57.